The van der Waals surface area contributed by atoms with Crippen LogP contribution in [0.1, 0.15) is 6.92 Å². The lowest BCUT2D eigenvalue weighted by molar-refractivity contribution is 0.432. The number of benzene rings is 2. The molecule has 0 amide bonds. The Hall–Kier alpha value is -2.19. The summed E-state index contributed by atoms with van der Waals surface area (Å²) < 4.78 is 31.8. The van der Waals surface area contributed by atoms with E-state index in [1.807, 2.05) is 24.3 Å². The van der Waals surface area contributed by atoms with Crippen LogP contribution in [0.25, 0.3) is 22.8 Å². The van der Waals surface area contributed by atoms with E-state index in [0.29, 0.717) is 17.4 Å². The number of aromatic nitrogens is 2. The zero-order valence-corrected chi connectivity index (χ0v) is 15.1. The summed E-state index contributed by atoms with van der Waals surface area (Å²) in [5, 5.41) is 3.97. The number of anilines is 1. The van der Waals surface area contributed by atoms with Crippen molar-refractivity contribution in [3.63, 3.8) is 0 Å². The Labute approximate surface area is 148 Å². The third-order valence-electron chi connectivity index (χ3n) is 3.31. The van der Waals surface area contributed by atoms with E-state index in [4.69, 9.17) is 4.52 Å². The molecule has 0 saturated heterocycles. The van der Waals surface area contributed by atoms with E-state index in [9.17, 15) is 8.42 Å². The molecule has 2 aromatic carbocycles. The fraction of sp³-hybridized carbons (Fsp3) is 0.125. The van der Waals surface area contributed by atoms with Crippen molar-refractivity contribution in [1.29, 1.82) is 0 Å². The third-order valence-corrected chi connectivity index (χ3v) is 5.15. The van der Waals surface area contributed by atoms with Gasteiger partial charge < -0.3 is 4.52 Å². The molecule has 0 fully saturated rings. The molecule has 0 bridgehead atoms. The van der Waals surface area contributed by atoms with Crippen LogP contribution in [0.2, 0.25) is 0 Å². The first-order chi connectivity index (χ1) is 11.5. The van der Waals surface area contributed by atoms with Crippen molar-refractivity contribution in [1.82, 2.24) is 10.1 Å². The summed E-state index contributed by atoms with van der Waals surface area (Å²) in [6.07, 6.45) is 0. The van der Waals surface area contributed by atoms with E-state index in [2.05, 4.69) is 30.8 Å². The predicted octanol–water partition coefficient (Wildman–Crippen LogP) is 3.93. The topological polar surface area (TPSA) is 85.1 Å². The molecule has 0 aliphatic heterocycles. The second-order valence-electron chi connectivity index (χ2n) is 5.01. The van der Waals surface area contributed by atoms with Crippen molar-refractivity contribution < 1.29 is 12.9 Å². The highest BCUT2D eigenvalue weighted by Crippen LogP contribution is 2.24. The Bertz CT molecular complexity index is 935. The number of halogens is 1. The van der Waals surface area contributed by atoms with Crippen LogP contribution >= 0.6 is 15.9 Å². The molecule has 0 atom stereocenters. The Morgan fingerprint density at radius 1 is 1.04 bits per heavy atom. The van der Waals surface area contributed by atoms with E-state index < -0.39 is 10.0 Å². The molecule has 0 saturated carbocycles. The smallest absolute Gasteiger partial charge is 0.258 e. The zero-order valence-electron chi connectivity index (χ0n) is 12.7. The van der Waals surface area contributed by atoms with Gasteiger partial charge in [-0.2, -0.15) is 4.98 Å². The number of hydrogen-bond acceptors (Lipinski definition) is 5. The summed E-state index contributed by atoms with van der Waals surface area (Å²) in [5.41, 5.74) is 2.06. The number of sulfonamides is 1. The third kappa shape index (κ3) is 3.82. The molecule has 0 spiro atoms. The van der Waals surface area contributed by atoms with Gasteiger partial charge in [0.1, 0.15) is 0 Å². The second kappa shape index (κ2) is 6.74. The lowest BCUT2D eigenvalue weighted by atomic mass is 10.2. The van der Waals surface area contributed by atoms with Crippen molar-refractivity contribution in [2.75, 3.05) is 10.5 Å². The molecule has 0 aliphatic carbocycles. The predicted molar refractivity (Wildman–Crippen MR) is 96.0 cm³/mol. The van der Waals surface area contributed by atoms with Gasteiger partial charge in [0.15, 0.2) is 0 Å². The van der Waals surface area contributed by atoms with Crippen LogP contribution in [0.5, 0.6) is 0 Å². The van der Waals surface area contributed by atoms with E-state index in [0.717, 1.165) is 15.6 Å². The van der Waals surface area contributed by atoms with Crippen LogP contribution in [0, 0.1) is 0 Å². The molecule has 0 aliphatic rings. The maximum atomic E-state index is 11.6. The lowest BCUT2D eigenvalue weighted by Crippen LogP contribution is -2.14. The van der Waals surface area contributed by atoms with E-state index in [-0.39, 0.29) is 5.75 Å². The summed E-state index contributed by atoms with van der Waals surface area (Å²) in [4.78, 5) is 4.37. The lowest BCUT2D eigenvalue weighted by Gasteiger charge is -2.05. The van der Waals surface area contributed by atoms with Gasteiger partial charge in [0, 0.05) is 21.3 Å². The molecule has 3 rings (SSSR count). The van der Waals surface area contributed by atoms with Gasteiger partial charge in [0.05, 0.1) is 5.75 Å². The minimum absolute atomic E-state index is 0.0240. The van der Waals surface area contributed by atoms with Crippen LogP contribution < -0.4 is 4.72 Å². The molecular formula is C16H14BrN3O3S. The van der Waals surface area contributed by atoms with Crippen molar-refractivity contribution in [2.24, 2.45) is 0 Å². The zero-order chi connectivity index (χ0) is 17.2. The van der Waals surface area contributed by atoms with E-state index in [1.54, 1.807) is 31.2 Å². The van der Waals surface area contributed by atoms with Gasteiger partial charge in [-0.3, -0.25) is 4.72 Å². The maximum Gasteiger partial charge on any atom is 0.258 e. The minimum Gasteiger partial charge on any atom is -0.334 e. The quantitative estimate of drug-likeness (QED) is 0.692. The highest BCUT2D eigenvalue weighted by Gasteiger charge is 2.11. The van der Waals surface area contributed by atoms with Crippen molar-refractivity contribution in [3.05, 3.63) is 53.0 Å². The van der Waals surface area contributed by atoms with Gasteiger partial charge in [-0.25, -0.2) is 8.42 Å². The molecule has 0 unspecified atom stereocenters. The van der Waals surface area contributed by atoms with Gasteiger partial charge in [-0.05, 0) is 55.5 Å². The average Bonchev–Trinajstić information content (AvgIpc) is 3.06. The number of nitrogens with one attached hydrogen (secondary N) is 1. The maximum absolute atomic E-state index is 11.6. The van der Waals surface area contributed by atoms with Crippen molar-refractivity contribution in [2.45, 2.75) is 6.92 Å². The number of nitrogens with zero attached hydrogens (tertiary/aromatic N) is 2. The number of hydrogen-bond donors (Lipinski definition) is 1. The van der Waals surface area contributed by atoms with E-state index >= 15 is 0 Å². The molecule has 1 aromatic heterocycles. The van der Waals surface area contributed by atoms with Crippen molar-refractivity contribution >= 4 is 31.6 Å². The first kappa shape index (κ1) is 16.7. The molecule has 8 heteroatoms. The van der Waals surface area contributed by atoms with Gasteiger partial charge in [0.2, 0.25) is 15.8 Å². The molecule has 1 N–H and O–H groups in total. The van der Waals surface area contributed by atoms with Crippen LogP contribution in [-0.2, 0) is 10.0 Å². The molecular weight excluding hydrogens is 394 g/mol. The first-order valence-electron chi connectivity index (χ1n) is 7.17. The molecule has 6 nitrogen and oxygen atoms in total. The van der Waals surface area contributed by atoms with Crippen LogP contribution in [0.3, 0.4) is 0 Å². The summed E-state index contributed by atoms with van der Waals surface area (Å²) in [6.45, 7) is 1.58. The van der Waals surface area contributed by atoms with E-state index in [1.165, 1.54) is 0 Å². The number of rotatable bonds is 5. The first-order valence-corrected chi connectivity index (χ1v) is 9.62. The van der Waals surface area contributed by atoms with Gasteiger partial charge >= 0.3 is 0 Å². The Balaban J connectivity index is 1.81. The molecule has 1 heterocycles. The molecule has 24 heavy (non-hydrogen) atoms. The summed E-state index contributed by atoms with van der Waals surface area (Å²) in [5.74, 6) is 0.891. The summed E-state index contributed by atoms with van der Waals surface area (Å²) in [7, 11) is -3.29. The fourth-order valence-electron chi connectivity index (χ4n) is 1.99. The summed E-state index contributed by atoms with van der Waals surface area (Å²) >= 11 is 3.38. The molecule has 0 radical (unpaired) electrons. The highest BCUT2D eigenvalue weighted by molar-refractivity contribution is 9.10. The van der Waals surface area contributed by atoms with Crippen LogP contribution in [-0.4, -0.2) is 24.3 Å². The monoisotopic (exact) mass is 407 g/mol. The average molecular weight is 408 g/mol. The SMILES string of the molecule is CCS(=O)(=O)Nc1ccc(-c2noc(-c3ccc(Br)cc3)n2)cc1. The standard InChI is InChI=1S/C16H14BrN3O3S/c1-2-24(21,22)20-14-9-5-11(6-10-14)15-18-16(23-19-15)12-3-7-13(17)8-4-12/h3-10,20H,2H2,1H3. The highest BCUT2D eigenvalue weighted by atomic mass is 79.9. The van der Waals surface area contributed by atoms with Gasteiger partial charge in [0.25, 0.3) is 5.89 Å². The fourth-order valence-corrected chi connectivity index (χ4v) is 2.89. The van der Waals surface area contributed by atoms with Crippen molar-refractivity contribution in [3.8, 4) is 22.8 Å². The molecule has 124 valence electrons. The minimum atomic E-state index is -3.29. The molecule has 3 aromatic rings. The van der Waals surface area contributed by atoms with Gasteiger partial charge in [-0.15, -0.1) is 0 Å². The Morgan fingerprint density at radius 2 is 1.67 bits per heavy atom. The Kier molecular flexibility index (Phi) is 4.68. The normalized spacial score (nSPS) is 11.4. The van der Waals surface area contributed by atoms with Gasteiger partial charge in [-0.1, -0.05) is 21.1 Å². The second-order valence-corrected chi connectivity index (χ2v) is 7.94. The van der Waals surface area contributed by atoms with Crippen LogP contribution in [0.4, 0.5) is 5.69 Å². The summed E-state index contributed by atoms with van der Waals surface area (Å²) in [6, 6.07) is 14.4. The Morgan fingerprint density at radius 3 is 2.29 bits per heavy atom. The largest absolute Gasteiger partial charge is 0.334 e. The van der Waals surface area contributed by atoms with Crippen LogP contribution in [0.15, 0.2) is 57.5 Å².